The minimum Gasteiger partial charge on any atom is -0.0801 e. The van der Waals surface area contributed by atoms with Gasteiger partial charge in [0.25, 0.3) is 0 Å². The molecule has 0 saturated carbocycles. The largest absolute Gasteiger partial charge is 0.0801 e. The molecule has 0 atom stereocenters. The highest BCUT2D eigenvalue weighted by Crippen LogP contribution is 2.47. The molecule has 0 fully saturated rings. The van der Waals surface area contributed by atoms with Gasteiger partial charge in [0.15, 0.2) is 0 Å². The molecule has 0 bridgehead atoms. The summed E-state index contributed by atoms with van der Waals surface area (Å²) in [6, 6.07) is 33.1. The second-order valence-electron chi connectivity index (χ2n) is 6.55. The predicted molar refractivity (Wildman–Crippen MR) is 122 cm³/mol. The first-order valence-corrected chi connectivity index (χ1v) is 11.1. The van der Waals surface area contributed by atoms with Crippen molar-refractivity contribution in [2.24, 2.45) is 0 Å². The average Bonchev–Trinajstić information content (AvgIpc) is 2.72. The molecule has 4 rings (SSSR count). The minimum atomic E-state index is -1.93. The van der Waals surface area contributed by atoms with Gasteiger partial charge < -0.3 is 0 Å². The van der Waals surface area contributed by atoms with Gasteiger partial charge in [-0.2, -0.15) is 0 Å². The molecule has 0 aliphatic heterocycles. The standard InChI is InChI=1S/C26H23P/c1-2-7-15-23(16-8-3-1)27(24-17-9-4-10-18-24,25-19-11-5-12-20-25)26-21-13-6-14-22-26/h1-15,17-22H,16H2/b2-1-,8-3-,15-7-. The van der Waals surface area contributed by atoms with Gasteiger partial charge in [0.2, 0.25) is 0 Å². The van der Waals surface area contributed by atoms with Crippen LogP contribution in [0, 0.1) is 0 Å². The highest BCUT2D eigenvalue weighted by molar-refractivity contribution is 7.95. The molecule has 3 aromatic carbocycles. The van der Waals surface area contributed by atoms with Gasteiger partial charge in [-0.25, -0.2) is 0 Å². The van der Waals surface area contributed by atoms with Crippen LogP contribution in [0.5, 0.6) is 0 Å². The molecule has 132 valence electrons. The van der Waals surface area contributed by atoms with Crippen molar-refractivity contribution in [2.45, 2.75) is 6.42 Å². The first-order valence-electron chi connectivity index (χ1n) is 9.34. The topological polar surface area (TPSA) is 0 Å². The highest BCUT2D eigenvalue weighted by Gasteiger charge is 2.28. The zero-order valence-corrected chi connectivity index (χ0v) is 16.2. The normalized spacial score (nSPS) is 17.6. The second-order valence-corrected chi connectivity index (χ2v) is 10.0. The van der Waals surface area contributed by atoms with Crippen LogP contribution >= 0.6 is 6.89 Å². The van der Waals surface area contributed by atoms with E-state index in [1.165, 1.54) is 21.2 Å². The Morgan fingerprint density at radius 1 is 0.481 bits per heavy atom. The van der Waals surface area contributed by atoms with Crippen LogP contribution in [0.4, 0.5) is 0 Å². The van der Waals surface area contributed by atoms with Crippen LogP contribution in [-0.4, -0.2) is 5.29 Å². The molecule has 0 heterocycles. The first kappa shape index (κ1) is 17.6. The smallest absolute Gasteiger partial charge is 0.00839 e. The Bertz CT molecular complexity index is 920. The summed E-state index contributed by atoms with van der Waals surface area (Å²) in [6.07, 6.45) is 14.1. The Kier molecular flexibility index (Phi) is 5.37. The summed E-state index contributed by atoms with van der Waals surface area (Å²) in [5, 5.41) is 5.69. The maximum absolute atomic E-state index is 2.33. The highest BCUT2D eigenvalue weighted by atomic mass is 31.2. The van der Waals surface area contributed by atoms with Gasteiger partial charge in [0, 0.05) is 0 Å². The molecule has 0 unspecified atom stereocenters. The lowest BCUT2D eigenvalue weighted by Gasteiger charge is -2.32. The monoisotopic (exact) mass is 366 g/mol. The van der Waals surface area contributed by atoms with E-state index in [1.54, 1.807) is 0 Å². The van der Waals surface area contributed by atoms with Crippen molar-refractivity contribution in [3.05, 3.63) is 127 Å². The quantitative estimate of drug-likeness (QED) is 0.557. The predicted octanol–water partition coefficient (Wildman–Crippen LogP) is 5.23. The maximum atomic E-state index is 2.33. The molecule has 27 heavy (non-hydrogen) atoms. The van der Waals surface area contributed by atoms with Crippen molar-refractivity contribution in [1.29, 1.82) is 0 Å². The van der Waals surface area contributed by atoms with Crippen molar-refractivity contribution in [2.75, 3.05) is 0 Å². The van der Waals surface area contributed by atoms with Crippen LogP contribution in [0.3, 0.4) is 0 Å². The Balaban J connectivity index is 2.19. The van der Waals surface area contributed by atoms with E-state index in [0.717, 1.165) is 6.42 Å². The van der Waals surface area contributed by atoms with E-state index in [9.17, 15) is 0 Å². The lowest BCUT2D eigenvalue weighted by atomic mass is 10.2. The van der Waals surface area contributed by atoms with Crippen molar-refractivity contribution in [3.8, 4) is 0 Å². The number of rotatable bonds is 3. The summed E-state index contributed by atoms with van der Waals surface area (Å²) in [4.78, 5) is 0. The van der Waals surface area contributed by atoms with Crippen LogP contribution in [0.2, 0.25) is 0 Å². The summed E-state index contributed by atoms with van der Waals surface area (Å²) in [7, 11) is 0. The number of allylic oxidation sites excluding steroid dienone is 6. The van der Waals surface area contributed by atoms with Gasteiger partial charge in [-0.3, -0.25) is 0 Å². The summed E-state index contributed by atoms with van der Waals surface area (Å²) in [6.45, 7) is -1.93. The molecule has 3 aromatic rings. The molecule has 1 heteroatoms. The second kappa shape index (κ2) is 8.25. The summed E-state index contributed by atoms with van der Waals surface area (Å²) in [5.74, 6) is 0. The number of hydrogen-bond donors (Lipinski definition) is 0. The molecular formula is C26H23P. The van der Waals surface area contributed by atoms with E-state index in [4.69, 9.17) is 0 Å². The molecule has 0 spiro atoms. The fourth-order valence-electron chi connectivity index (χ4n) is 3.78. The zero-order chi connectivity index (χ0) is 18.4. The summed E-state index contributed by atoms with van der Waals surface area (Å²) in [5.41, 5.74) is 0. The van der Waals surface area contributed by atoms with Crippen molar-refractivity contribution in [3.63, 3.8) is 0 Å². The molecular weight excluding hydrogens is 343 g/mol. The summed E-state index contributed by atoms with van der Waals surface area (Å²) < 4.78 is 0. The third-order valence-electron chi connectivity index (χ3n) is 4.95. The number of benzene rings is 3. The van der Waals surface area contributed by atoms with E-state index >= 15 is 0 Å². The fraction of sp³-hybridized carbons (Fsp3) is 0.0385. The molecule has 0 N–H and O–H groups in total. The average molecular weight is 366 g/mol. The van der Waals surface area contributed by atoms with Crippen LogP contribution in [0.15, 0.2) is 127 Å². The van der Waals surface area contributed by atoms with Gasteiger partial charge >= 0.3 is 0 Å². The molecule has 0 aromatic heterocycles. The molecule has 1 aliphatic carbocycles. The Morgan fingerprint density at radius 3 is 1.41 bits per heavy atom. The lowest BCUT2D eigenvalue weighted by molar-refractivity contribution is 1.51. The number of hydrogen-bond acceptors (Lipinski definition) is 0. The van der Waals surface area contributed by atoms with Gasteiger partial charge in [0.05, 0.1) is 0 Å². The van der Waals surface area contributed by atoms with Gasteiger partial charge in [-0.15, -0.1) is 0 Å². The van der Waals surface area contributed by atoms with Crippen molar-refractivity contribution < 1.29 is 0 Å². The first-order chi connectivity index (χ1) is 13.4. The van der Waals surface area contributed by atoms with Gasteiger partial charge in [-0.1, -0.05) is 127 Å². The van der Waals surface area contributed by atoms with Crippen molar-refractivity contribution >= 4 is 28.1 Å². The maximum Gasteiger partial charge on any atom is -0.00839 e. The van der Waals surface area contributed by atoms with E-state index < -0.39 is 6.89 Å². The fourth-order valence-corrected chi connectivity index (χ4v) is 8.21. The molecule has 0 radical (unpaired) electrons. The van der Waals surface area contributed by atoms with E-state index in [-0.39, 0.29) is 0 Å². The lowest BCUT2D eigenvalue weighted by Crippen LogP contribution is -2.29. The molecule has 1 aliphatic rings. The SMILES string of the molecule is C1=C\C=C/C(=P(c2ccccc2)(c2ccccc2)c2ccccc2)C\C=C/1. The third kappa shape index (κ3) is 3.42. The van der Waals surface area contributed by atoms with Crippen molar-refractivity contribution in [1.82, 2.24) is 0 Å². The van der Waals surface area contributed by atoms with E-state index in [2.05, 4.69) is 127 Å². The van der Waals surface area contributed by atoms with Crippen LogP contribution in [0.1, 0.15) is 6.42 Å². The molecule has 0 saturated heterocycles. The Hall–Kier alpha value is -2.82. The van der Waals surface area contributed by atoms with E-state index in [0.29, 0.717) is 0 Å². The Morgan fingerprint density at radius 2 is 0.926 bits per heavy atom. The minimum absolute atomic E-state index is 0.952. The zero-order valence-electron chi connectivity index (χ0n) is 15.3. The summed E-state index contributed by atoms with van der Waals surface area (Å²) >= 11 is 0. The van der Waals surface area contributed by atoms with Crippen LogP contribution in [0.25, 0.3) is 0 Å². The Labute approximate surface area is 162 Å². The van der Waals surface area contributed by atoms with Crippen LogP contribution in [-0.2, 0) is 0 Å². The van der Waals surface area contributed by atoms with Crippen LogP contribution < -0.4 is 15.9 Å². The molecule has 0 amide bonds. The van der Waals surface area contributed by atoms with Gasteiger partial charge in [-0.05, 0) is 34.5 Å². The van der Waals surface area contributed by atoms with Gasteiger partial charge in [0.1, 0.15) is 0 Å². The third-order valence-corrected chi connectivity index (χ3v) is 9.36. The van der Waals surface area contributed by atoms with E-state index in [1.807, 2.05) is 0 Å². The molecule has 0 nitrogen and oxygen atoms in total.